The van der Waals surface area contributed by atoms with E-state index in [4.69, 9.17) is 4.42 Å². The summed E-state index contributed by atoms with van der Waals surface area (Å²) in [5, 5.41) is 9.14. The highest BCUT2D eigenvalue weighted by Crippen LogP contribution is 2.27. The Hall–Kier alpha value is -3.03. The maximum absolute atomic E-state index is 13.3. The van der Waals surface area contributed by atoms with Gasteiger partial charge >= 0.3 is 5.76 Å². The molecule has 8 heteroatoms. The number of hydrogen-bond donors (Lipinski definition) is 2. The molecule has 0 aliphatic heterocycles. The fourth-order valence-electron chi connectivity index (χ4n) is 2.88. The van der Waals surface area contributed by atoms with Crippen LogP contribution in [0.25, 0.3) is 11.5 Å². The van der Waals surface area contributed by atoms with Gasteiger partial charge in [-0.25, -0.2) is 23.7 Å². The third-order valence-corrected chi connectivity index (χ3v) is 3.98. The fraction of sp³-hybridized carbons (Fsp3) is 0.188. The molecule has 0 spiro atoms. The van der Waals surface area contributed by atoms with Crippen molar-refractivity contribution in [3.8, 4) is 11.5 Å². The Bertz CT molecular complexity index is 918. The second kappa shape index (κ2) is 5.55. The number of nitrogens with one attached hydrogen (secondary N) is 2. The summed E-state index contributed by atoms with van der Waals surface area (Å²) in [6.07, 6.45) is 2.73. The first-order chi connectivity index (χ1) is 11.6. The second-order valence-electron chi connectivity index (χ2n) is 5.63. The van der Waals surface area contributed by atoms with E-state index in [0.717, 1.165) is 11.1 Å². The number of aromatic nitrogens is 3. The molecule has 3 aromatic rings. The quantitative estimate of drug-likeness (QED) is 0.770. The fourth-order valence-corrected chi connectivity index (χ4v) is 2.88. The van der Waals surface area contributed by atoms with Crippen LogP contribution in [0.1, 0.15) is 11.1 Å². The van der Waals surface area contributed by atoms with Gasteiger partial charge in [0.05, 0.1) is 5.56 Å². The molecule has 0 saturated heterocycles. The lowest BCUT2D eigenvalue weighted by Crippen LogP contribution is -2.20. The number of aromatic amines is 1. The molecule has 6 nitrogen and oxygen atoms in total. The minimum Gasteiger partial charge on any atom is -0.388 e. The molecule has 1 aliphatic rings. The average Bonchev–Trinajstić information content (AvgIpc) is 3.14. The summed E-state index contributed by atoms with van der Waals surface area (Å²) in [5.41, 5.74) is 2.18. The summed E-state index contributed by atoms with van der Waals surface area (Å²) in [6, 6.07) is 5.97. The van der Waals surface area contributed by atoms with Crippen LogP contribution in [0.15, 0.2) is 39.7 Å². The monoisotopic (exact) mass is 330 g/mol. The van der Waals surface area contributed by atoms with Crippen LogP contribution in [0.3, 0.4) is 0 Å². The van der Waals surface area contributed by atoms with Crippen molar-refractivity contribution in [3.63, 3.8) is 0 Å². The lowest BCUT2D eigenvalue weighted by atomic mass is 10.1. The second-order valence-corrected chi connectivity index (χ2v) is 5.63. The zero-order valence-electron chi connectivity index (χ0n) is 12.3. The minimum atomic E-state index is -0.822. The molecule has 24 heavy (non-hydrogen) atoms. The van der Waals surface area contributed by atoms with E-state index in [2.05, 4.69) is 20.5 Å². The van der Waals surface area contributed by atoms with Crippen molar-refractivity contribution in [1.82, 2.24) is 15.2 Å². The number of halogens is 2. The average molecular weight is 330 g/mol. The first-order valence-corrected chi connectivity index (χ1v) is 7.34. The van der Waals surface area contributed by atoms with Crippen LogP contribution in [0.2, 0.25) is 0 Å². The highest BCUT2D eigenvalue weighted by Gasteiger charge is 2.23. The number of pyridine rings is 1. The number of benzene rings is 1. The van der Waals surface area contributed by atoms with Gasteiger partial charge in [-0.3, -0.25) is 0 Å². The van der Waals surface area contributed by atoms with Crippen molar-refractivity contribution >= 4 is 5.82 Å². The van der Waals surface area contributed by atoms with Crippen molar-refractivity contribution in [1.29, 1.82) is 0 Å². The Morgan fingerprint density at radius 2 is 1.88 bits per heavy atom. The van der Waals surface area contributed by atoms with E-state index in [1.807, 2.05) is 0 Å². The van der Waals surface area contributed by atoms with Gasteiger partial charge in [0, 0.05) is 12.2 Å². The molecule has 0 bridgehead atoms. The van der Waals surface area contributed by atoms with Gasteiger partial charge in [-0.15, -0.1) is 5.10 Å². The summed E-state index contributed by atoms with van der Waals surface area (Å²) < 4.78 is 31.4. The van der Waals surface area contributed by atoms with Gasteiger partial charge < -0.3 is 9.73 Å². The van der Waals surface area contributed by atoms with E-state index in [9.17, 15) is 13.6 Å². The van der Waals surface area contributed by atoms with Crippen LogP contribution in [-0.4, -0.2) is 21.2 Å². The summed E-state index contributed by atoms with van der Waals surface area (Å²) in [7, 11) is 0. The summed E-state index contributed by atoms with van der Waals surface area (Å²) >= 11 is 0. The van der Waals surface area contributed by atoms with Gasteiger partial charge in [0.1, 0.15) is 5.82 Å². The van der Waals surface area contributed by atoms with Crippen LogP contribution in [0.4, 0.5) is 14.6 Å². The van der Waals surface area contributed by atoms with Gasteiger partial charge in [0.25, 0.3) is 5.89 Å². The molecule has 2 aromatic heterocycles. The lowest BCUT2D eigenvalue weighted by Gasteiger charge is -2.12. The maximum Gasteiger partial charge on any atom is 0.434 e. The number of nitrogens with zero attached hydrogens (tertiary/aromatic N) is 2. The number of anilines is 1. The summed E-state index contributed by atoms with van der Waals surface area (Å²) in [6.45, 7) is 0. The van der Waals surface area contributed by atoms with Gasteiger partial charge in [-0.2, -0.15) is 0 Å². The Balaban J connectivity index is 1.48. The number of H-pyrrole nitrogens is 1. The minimum absolute atomic E-state index is 0.0165. The standard InChI is InChI=1S/C16H12F2N4O2/c17-12-5-9-3-11(4-10(9)6-13(12)18)20-14-2-1-8(7-19-14)15-21-22-16(23)24-15/h1-2,5-7,11H,3-4H2,(H,19,20)(H,22,23). The summed E-state index contributed by atoms with van der Waals surface area (Å²) in [4.78, 5) is 15.2. The Labute approximate surface area is 134 Å². The van der Waals surface area contributed by atoms with Gasteiger partial charge in [-0.05, 0) is 48.2 Å². The highest BCUT2D eigenvalue weighted by atomic mass is 19.2. The molecule has 4 rings (SSSR count). The highest BCUT2D eigenvalue weighted by molar-refractivity contribution is 5.54. The van der Waals surface area contributed by atoms with Crippen molar-refractivity contribution in [2.75, 3.05) is 5.32 Å². The SMILES string of the molecule is O=c1[nH]nc(-c2ccc(NC3Cc4cc(F)c(F)cc4C3)nc2)o1. The third kappa shape index (κ3) is 2.66. The largest absolute Gasteiger partial charge is 0.434 e. The molecule has 0 atom stereocenters. The number of rotatable bonds is 3. The van der Waals surface area contributed by atoms with Crippen LogP contribution in [-0.2, 0) is 12.8 Å². The Morgan fingerprint density at radius 3 is 2.42 bits per heavy atom. The first-order valence-electron chi connectivity index (χ1n) is 7.34. The molecular formula is C16H12F2N4O2. The van der Waals surface area contributed by atoms with Crippen molar-refractivity contribution in [2.45, 2.75) is 18.9 Å². The van der Waals surface area contributed by atoms with Crippen LogP contribution < -0.4 is 11.1 Å². The predicted molar refractivity (Wildman–Crippen MR) is 81.5 cm³/mol. The molecule has 2 N–H and O–H groups in total. The van der Waals surface area contributed by atoms with E-state index in [0.29, 0.717) is 24.2 Å². The van der Waals surface area contributed by atoms with Crippen LogP contribution in [0, 0.1) is 11.6 Å². The molecule has 0 unspecified atom stereocenters. The van der Waals surface area contributed by atoms with E-state index < -0.39 is 17.4 Å². The molecule has 122 valence electrons. The first kappa shape index (κ1) is 14.6. The van der Waals surface area contributed by atoms with Crippen molar-refractivity contribution < 1.29 is 13.2 Å². The zero-order valence-corrected chi connectivity index (χ0v) is 12.3. The van der Waals surface area contributed by atoms with Gasteiger partial charge in [0.15, 0.2) is 11.6 Å². The smallest absolute Gasteiger partial charge is 0.388 e. The molecular weight excluding hydrogens is 318 g/mol. The van der Waals surface area contributed by atoms with E-state index in [1.54, 1.807) is 12.1 Å². The van der Waals surface area contributed by atoms with E-state index in [1.165, 1.54) is 18.3 Å². The van der Waals surface area contributed by atoms with Crippen molar-refractivity contribution in [3.05, 3.63) is 63.8 Å². The van der Waals surface area contributed by atoms with Crippen LogP contribution in [0.5, 0.6) is 0 Å². The molecule has 1 aliphatic carbocycles. The Kier molecular flexibility index (Phi) is 3.37. The zero-order chi connectivity index (χ0) is 16.7. The molecule has 0 saturated carbocycles. The van der Waals surface area contributed by atoms with Gasteiger partial charge in [0.2, 0.25) is 0 Å². The molecule has 0 fully saturated rings. The molecule has 1 aromatic carbocycles. The van der Waals surface area contributed by atoms with Gasteiger partial charge in [-0.1, -0.05) is 0 Å². The predicted octanol–water partition coefficient (Wildman–Crippen LogP) is 2.28. The maximum atomic E-state index is 13.3. The molecule has 2 heterocycles. The lowest BCUT2D eigenvalue weighted by molar-refractivity contribution is 0.507. The third-order valence-electron chi connectivity index (χ3n) is 3.98. The number of fused-ring (bicyclic) bond motifs is 1. The summed E-state index contributed by atoms with van der Waals surface area (Å²) in [5.74, 6) is -1.49. The Morgan fingerprint density at radius 1 is 1.17 bits per heavy atom. The number of hydrogen-bond acceptors (Lipinski definition) is 5. The van der Waals surface area contributed by atoms with E-state index in [-0.39, 0.29) is 11.9 Å². The van der Waals surface area contributed by atoms with E-state index >= 15 is 0 Å². The molecule has 0 radical (unpaired) electrons. The normalized spacial score (nSPS) is 13.9. The molecule has 0 amide bonds. The van der Waals surface area contributed by atoms with Crippen molar-refractivity contribution in [2.24, 2.45) is 0 Å². The van der Waals surface area contributed by atoms with Crippen LogP contribution >= 0.6 is 0 Å². The topological polar surface area (TPSA) is 83.8 Å².